The molecule has 8 nitrogen and oxygen atoms in total. The number of benzene rings is 1. The average Bonchev–Trinajstić information content (AvgIpc) is 3.30. The third kappa shape index (κ3) is 4.05. The molecule has 154 valence electrons. The Morgan fingerprint density at radius 2 is 1.83 bits per heavy atom. The number of fused-ring (bicyclic) bond motifs is 1. The molecule has 2 aliphatic rings. The number of carbonyl (C=O) groups excluding carboxylic acids is 2. The second-order valence-electron chi connectivity index (χ2n) is 7.30. The molecular formula is C19H22N4O4S2. The molecule has 0 saturated carbocycles. The maximum Gasteiger partial charge on any atom is 0.248 e. The first-order valence-electron chi connectivity index (χ1n) is 9.54. The highest BCUT2D eigenvalue weighted by molar-refractivity contribution is 7.89. The van der Waals surface area contributed by atoms with Crippen LogP contribution in [0.2, 0.25) is 0 Å². The normalized spacial score (nSPS) is 17.8. The summed E-state index contributed by atoms with van der Waals surface area (Å²) in [6.07, 6.45) is 4.03. The van der Waals surface area contributed by atoms with E-state index < -0.39 is 15.9 Å². The van der Waals surface area contributed by atoms with Gasteiger partial charge in [0, 0.05) is 29.4 Å². The summed E-state index contributed by atoms with van der Waals surface area (Å²) in [6.45, 7) is 0.540. The summed E-state index contributed by atoms with van der Waals surface area (Å²) in [5, 5.41) is 3.54. The van der Waals surface area contributed by atoms with Gasteiger partial charge in [-0.05, 0) is 56.4 Å². The minimum absolute atomic E-state index is 0.0970. The number of amides is 2. The van der Waals surface area contributed by atoms with Crippen LogP contribution in [0.1, 0.15) is 40.2 Å². The molecule has 1 fully saturated rings. The van der Waals surface area contributed by atoms with Crippen molar-refractivity contribution in [2.24, 2.45) is 11.7 Å². The Bertz CT molecular complexity index is 1020. The fourth-order valence-electron chi connectivity index (χ4n) is 3.75. The number of nitrogens with two attached hydrogens (primary N) is 1. The van der Waals surface area contributed by atoms with Crippen LogP contribution in [0.25, 0.3) is 0 Å². The van der Waals surface area contributed by atoms with Crippen molar-refractivity contribution in [3.05, 3.63) is 40.4 Å². The standard InChI is InChI=1S/C19H22N4O4S2/c20-17(24)12-4-6-14(7-5-12)29(26,27)23-10-8-13(9-11-23)18(25)22-19-21-15-2-1-3-16(15)28-19/h4-7,13H,1-3,8-11H2,(H2,20,24)(H,21,22,25). The van der Waals surface area contributed by atoms with Gasteiger partial charge in [0.2, 0.25) is 21.8 Å². The first-order chi connectivity index (χ1) is 13.8. The lowest BCUT2D eigenvalue weighted by Crippen LogP contribution is -2.41. The average molecular weight is 435 g/mol. The van der Waals surface area contributed by atoms with Crippen LogP contribution in [0.3, 0.4) is 0 Å². The van der Waals surface area contributed by atoms with Crippen LogP contribution in [0.4, 0.5) is 5.13 Å². The van der Waals surface area contributed by atoms with Gasteiger partial charge in [-0.3, -0.25) is 9.59 Å². The van der Waals surface area contributed by atoms with E-state index in [1.165, 1.54) is 44.8 Å². The number of anilines is 1. The molecule has 0 spiro atoms. The zero-order valence-electron chi connectivity index (χ0n) is 15.8. The van der Waals surface area contributed by atoms with E-state index in [-0.39, 0.29) is 35.4 Å². The summed E-state index contributed by atoms with van der Waals surface area (Å²) in [6, 6.07) is 5.58. The molecule has 0 unspecified atom stereocenters. The van der Waals surface area contributed by atoms with Crippen LogP contribution in [-0.2, 0) is 27.7 Å². The van der Waals surface area contributed by atoms with E-state index >= 15 is 0 Å². The maximum absolute atomic E-state index is 12.8. The van der Waals surface area contributed by atoms with E-state index in [1.807, 2.05) is 0 Å². The zero-order chi connectivity index (χ0) is 20.6. The Balaban J connectivity index is 1.36. The van der Waals surface area contributed by atoms with Crippen LogP contribution in [0.15, 0.2) is 29.2 Å². The van der Waals surface area contributed by atoms with Crippen LogP contribution < -0.4 is 11.1 Å². The first kappa shape index (κ1) is 20.0. The van der Waals surface area contributed by atoms with E-state index in [4.69, 9.17) is 5.73 Å². The van der Waals surface area contributed by atoms with Crippen molar-refractivity contribution in [1.82, 2.24) is 9.29 Å². The van der Waals surface area contributed by atoms with Gasteiger partial charge in [-0.2, -0.15) is 4.31 Å². The molecule has 1 aromatic heterocycles. The Kier molecular flexibility index (Phi) is 5.41. The first-order valence-corrected chi connectivity index (χ1v) is 11.8. The minimum Gasteiger partial charge on any atom is -0.366 e. The predicted molar refractivity (Wildman–Crippen MR) is 109 cm³/mol. The Morgan fingerprint density at radius 3 is 2.45 bits per heavy atom. The van der Waals surface area contributed by atoms with E-state index in [1.54, 1.807) is 0 Å². The summed E-state index contributed by atoms with van der Waals surface area (Å²) in [5.74, 6) is -0.941. The molecule has 0 bridgehead atoms. The zero-order valence-corrected chi connectivity index (χ0v) is 17.4. The molecule has 2 heterocycles. The third-order valence-corrected chi connectivity index (χ3v) is 8.41. The van der Waals surface area contributed by atoms with Crippen molar-refractivity contribution >= 4 is 38.3 Å². The number of carbonyl (C=O) groups is 2. The molecule has 2 aromatic rings. The molecular weight excluding hydrogens is 412 g/mol. The lowest BCUT2D eigenvalue weighted by atomic mass is 9.97. The van der Waals surface area contributed by atoms with Crippen molar-refractivity contribution in [3.8, 4) is 0 Å². The number of aryl methyl sites for hydroxylation is 2. The molecule has 1 aromatic carbocycles. The lowest BCUT2D eigenvalue weighted by Gasteiger charge is -2.30. The number of primary amides is 1. The van der Waals surface area contributed by atoms with Gasteiger partial charge in [0.15, 0.2) is 5.13 Å². The second kappa shape index (κ2) is 7.85. The number of thiazole rings is 1. The largest absolute Gasteiger partial charge is 0.366 e. The molecule has 29 heavy (non-hydrogen) atoms. The van der Waals surface area contributed by atoms with Crippen LogP contribution in [0, 0.1) is 5.92 Å². The predicted octanol–water partition coefficient (Wildman–Crippen LogP) is 1.77. The number of rotatable bonds is 5. The number of sulfonamides is 1. The van der Waals surface area contributed by atoms with Gasteiger partial charge in [-0.25, -0.2) is 13.4 Å². The molecule has 10 heteroatoms. The van der Waals surface area contributed by atoms with Gasteiger partial charge < -0.3 is 11.1 Å². The fourth-order valence-corrected chi connectivity index (χ4v) is 6.27. The maximum atomic E-state index is 12.8. The number of nitrogens with zero attached hydrogens (tertiary/aromatic N) is 2. The van der Waals surface area contributed by atoms with Crippen molar-refractivity contribution in [1.29, 1.82) is 0 Å². The number of nitrogens with one attached hydrogen (secondary N) is 1. The fraction of sp³-hybridized carbons (Fsp3) is 0.421. The van der Waals surface area contributed by atoms with Gasteiger partial charge in [0.25, 0.3) is 0 Å². The van der Waals surface area contributed by atoms with E-state index in [9.17, 15) is 18.0 Å². The van der Waals surface area contributed by atoms with E-state index in [0.717, 1.165) is 25.0 Å². The van der Waals surface area contributed by atoms with Crippen LogP contribution in [0.5, 0.6) is 0 Å². The Labute approximate surface area is 173 Å². The summed E-state index contributed by atoms with van der Waals surface area (Å²) in [4.78, 5) is 29.6. The van der Waals surface area contributed by atoms with Gasteiger partial charge in [-0.15, -0.1) is 11.3 Å². The molecule has 3 N–H and O–H groups in total. The topological polar surface area (TPSA) is 122 Å². The summed E-state index contributed by atoms with van der Waals surface area (Å²) >= 11 is 1.54. The summed E-state index contributed by atoms with van der Waals surface area (Å²) < 4.78 is 27.0. The van der Waals surface area contributed by atoms with Crippen molar-refractivity contribution < 1.29 is 18.0 Å². The Hall–Kier alpha value is -2.30. The summed E-state index contributed by atoms with van der Waals surface area (Å²) in [7, 11) is -3.67. The summed E-state index contributed by atoms with van der Waals surface area (Å²) in [5.41, 5.74) is 6.54. The molecule has 1 saturated heterocycles. The van der Waals surface area contributed by atoms with E-state index in [2.05, 4.69) is 10.3 Å². The van der Waals surface area contributed by atoms with Gasteiger partial charge in [-0.1, -0.05) is 0 Å². The quantitative estimate of drug-likeness (QED) is 0.743. The minimum atomic E-state index is -3.67. The number of hydrogen-bond acceptors (Lipinski definition) is 6. The van der Waals surface area contributed by atoms with Gasteiger partial charge in [0.1, 0.15) is 0 Å². The number of aromatic nitrogens is 1. The lowest BCUT2D eigenvalue weighted by molar-refractivity contribution is -0.120. The monoisotopic (exact) mass is 434 g/mol. The van der Waals surface area contributed by atoms with Crippen molar-refractivity contribution in [2.45, 2.75) is 37.0 Å². The van der Waals surface area contributed by atoms with Crippen LogP contribution in [-0.4, -0.2) is 42.6 Å². The highest BCUT2D eigenvalue weighted by Gasteiger charge is 2.32. The molecule has 0 atom stereocenters. The third-order valence-electron chi connectivity index (χ3n) is 5.43. The van der Waals surface area contributed by atoms with E-state index in [0.29, 0.717) is 18.0 Å². The number of hydrogen-bond donors (Lipinski definition) is 2. The van der Waals surface area contributed by atoms with Gasteiger partial charge in [0.05, 0.1) is 10.6 Å². The van der Waals surface area contributed by atoms with Crippen molar-refractivity contribution in [3.63, 3.8) is 0 Å². The second-order valence-corrected chi connectivity index (χ2v) is 10.3. The molecule has 4 rings (SSSR count). The highest BCUT2D eigenvalue weighted by atomic mass is 32.2. The molecule has 1 aliphatic carbocycles. The molecule has 0 radical (unpaired) electrons. The smallest absolute Gasteiger partial charge is 0.248 e. The molecule has 2 amide bonds. The Morgan fingerprint density at radius 1 is 1.14 bits per heavy atom. The van der Waals surface area contributed by atoms with Crippen molar-refractivity contribution in [2.75, 3.05) is 18.4 Å². The highest BCUT2D eigenvalue weighted by Crippen LogP contribution is 2.31. The SMILES string of the molecule is NC(=O)c1ccc(S(=O)(=O)N2CCC(C(=O)Nc3nc4c(s3)CCC4)CC2)cc1. The van der Waals surface area contributed by atoms with Gasteiger partial charge >= 0.3 is 0 Å². The molecule has 1 aliphatic heterocycles. The number of piperidine rings is 1. The van der Waals surface area contributed by atoms with Crippen LogP contribution >= 0.6 is 11.3 Å².